The summed E-state index contributed by atoms with van der Waals surface area (Å²) in [5.41, 5.74) is 0.715. The molecule has 9 unspecified atom stereocenters. The van der Waals surface area contributed by atoms with Gasteiger partial charge in [-0.15, -0.1) is 0 Å². The number of aliphatic hydroxyl groups is 2. The molecule has 2 rings (SSSR count). The maximum Gasteiger partial charge on any atom is 0.240 e. The highest BCUT2D eigenvalue weighted by atomic mass is 16.5. The van der Waals surface area contributed by atoms with Crippen molar-refractivity contribution in [1.29, 1.82) is 0 Å². The van der Waals surface area contributed by atoms with E-state index in [-0.39, 0.29) is 54.0 Å². The lowest BCUT2D eigenvalue weighted by Crippen LogP contribution is -2.61. The van der Waals surface area contributed by atoms with Gasteiger partial charge < -0.3 is 39.7 Å². The summed E-state index contributed by atoms with van der Waals surface area (Å²) >= 11 is 0. The number of nitrogens with zero attached hydrogens (tertiary/aromatic N) is 3. The smallest absolute Gasteiger partial charge is 0.240 e. The highest BCUT2D eigenvalue weighted by molar-refractivity contribution is 5.83. The number of hydrogen-bond acceptors (Lipinski definition) is 9. The molecule has 1 heterocycles. The molecule has 0 aromatic heterocycles. The summed E-state index contributed by atoms with van der Waals surface area (Å²) in [7, 11) is 8.74. The first-order chi connectivity index (χ1) is 24.4. The van der Waals surface area contributed by atoms with Crippen LogP contribution >= 0.6 is 0 Å². The molecule has 0 radical (unpaired) electrons. The van der Waals surface area contributed by atoms with Crippen LogP contribution in [0.15, 0.2) is 30.3 Å². The number of benzene rings is 1. The molecule has 0 spiro atoms. The lowest BCUT2D eigenvalue weighted by Gasteiger charge is -2.42. The van der Waals surface area contributed by atoms with Gasteiger partial charge in [-0.1, -0.05) is 85.2 Å². The summed E-state index contributed by atoms with van der Waals surface area (Å²) in [6.07, 6.45) is -0.692. The summed E-state index contributed by atoms with van der Waals surface area (Å²) in [4.78, 5) is 47.4. The van der Waals surface area contributed by atoms with E-state index in [2.05, 4.69) is 24.5 Å². The molecule has 1 fully saturated rings. The van der Waals surface area contributed by atoms with E-state index in [1.54, 1.807) is 40.0 Å². The van der Waals surface area contributed by atoms with Crippen molar-refractivity contribution in [2.45, 2.75) is 136 Å². The summed E-state index contributed by atoms with van der Waals surface area (Å²) in [5.74, 6) is -1.10. The first kappa shape index (κ1) is 45.5. The predicted molar refractivity (Wildman–Crippen MR) is 205 cm³/mol. The van der Waals surface area contributed by atoms with E-state index < -0.39 is 48.6 Å². The minimum absolute atomic E-state index is 0.00710. The van der Waals surface area contributed by atoms with Crippen molar-refractivity contribution in [2.24, 2.45) is 23.7 Å². The molecular formula is C40H71N5O7. The van der Waals surface area contributed by atoms with Gasteiger partial charge in [-0.25, -0.2) is 0 Å². The van der Waals surface area contributed by atoms with Crippen LogP contribution in [0.1, 0.15) is 92.7 Å². The van der Waals surface area contributed by atoms with E-state index in [0.717, 1.165) is 12.8 Å². The van der Waals surface area contributed by atoms with Gasteiger partial charge in [0.05, 0.1) is 60.9 Å². The van der Waals surface area contributed by atoms with Crippen LogP contribution in [0.4, 0.5) is 0 Å². The molecule has 12 nitrogen and oxygen atoms in total. The van der Waals surface area contributed by atoms with Gasteiger partial charge in [0.2, 0.25) is 17.7 Å². The number of carbonyl (C=O) groups excluding carboxylic acids is 3. The molecule has 12 heteroatoms. The van der Waals surface area contributed by atoms with Crippen molar-refractivity contribution < 1.29 is 34.1 Å². The Bertz CT molecular complexity index is 1230. The number of aliphatic hydroxyl groups excluding tert-OH is 2. The standard InChI is InChI=1S/C40H71N5O7/c1-14-26(6)35(44(11)40(50)33(24(2)3)42-39(49)34(25(4)5)43(9)10)31(51-12)23-32(46)45-22-18-21-30(45)37(52-13)27(7)38(48)41-28(8)36(47)29-19-16-15-17-20-29/h15-17,19-20,24-28,30-31,33-37,39,42,47,49H,14,18,21-23H2,1-13H3,(H,41,48)/t26?,27?,28?,30-,31?,33-,34?,35?,36?,37?,39?/m0/s1. The summed E-state index contributed by atoms with van der Waals surface area (Å²) in [5, 5.41) is 28.2. The molecule has 11 atom stereocenters. The van der Waals surface area contributed by atoms with Crippen molar-refractivity contribution in [3.8, 4) is 0 Å². The number of carbonyl (C=O) groups is 3. The Morgan fingerprint density at radius 2 is 1.54 bits per heavy atom. The number of likely N-dealkylation sites (N-methyl/N-ethyl adjacent to an activating group) is 2. The summed E-state index contributed by atoms with van der Waals surface area (Å²) in [6, 6.07) is 7.08. The third kappa shape index (κ3) is 11.7. The van der Waals surface area contributed by atoms with Crippen LogP contribution in [-0.4, -0.2) is 133 Å². The van der Waals surface area contributed by atoms with Crippen molar-refractivity contribution in [2.75, 3.05) is 41.9 Å². The largest absolute Gasteiger partial charge is 0.386 e. The van der Waals surface area contributed by atoms with E-state index in [9.17, 15) is 24.6 Å². The van der Waals surface area contributed by atoms with E-state index in [1.807, 2.05) is 81.9 Å². The zero-order valence-electron chi connectivity index (χ0n) is 34.2. The van der Waals surface area contributed by atoms with E-state index in [4.69, 9.17) is 9.47 Å². The van der Waals surface area contributed by atoms with Gasteiger partial charge in [0.1, 0.15) is 6.23 Å². The third-order valence-electron chi connectivity index (χ3n) is 11.1. The highest BCUT2D eigenvalue weighted by Gasteiger charge is 2.43. The second-order valence-electron chi connectivity index (χ2n) is 15.8. The Morgan fingerprint density at radius 1 is 0.923 bits per heavy atom. The lowest BCUT2D eigenvalue weighted by molar-refractivity contribution is -0.147. The minimum atomic E-state index is -0.927. The molecule has 3 amide bonds. The summed E-state index contributed by atoms with van der Waals surface area (Å²) in [6.45, 7) is 16.2. The Morgan fingerprint density at radius 3 is 2.04 bits per heavy atom. The van der Waals surface area contributed by atoms with Gasteiger partial charge in [-0.2, -0.15) is 0 Å². The molecule has 0 saturated carbocycles. The molecule has 0 aliphatic carbocycles. The van der Waals surface area contributed by atoms with Crippen LogP contribution in [0.5, 0.6) is 0 Å². The van der Waals surface area contributed by atoms with Gasteiger partial charge >= 0.3 is 0 Å². The van der Waals surface area contributed by atoms with E-state index >= 15 is 0 Å². The molecule has 1 aromatic carbocycles. The quantitative estimate of drug-likeness (QED) is 0.139. The Kier molecular flexibility index (Phi) is 18.7. The van der Waals surface area contributed by atoms with Crippen molar-refractivity contribution >= 4 is 17.7 Å². The van der Waals surface area contributed by atoms with Gasteiger partial charge in [0.25, 0.3) is 0 Å². The van der Waals surface area contributed by atoms with Crippen molar-refractivity contribution in [3.63, 3.8) is 0 Å². The lowest BCUT2D eigenvalue weighted by atomic mass is 9.89. The SMILES string of the molecule is CCC(C)C(C(CC(=O)N1CCC[C@H]1C(OC)C(C)C(=O)NC(C)C(O)c1ccccc1)OC)N(C)C(=O)[C@@H](NC(O)C(C(C)C)N(C)C)C(C)C. The van der Waals surface area contributed by atoms with Crippen molar-refractivity contribution in [3.05, 3.63) is 35.9 Å². The molecular weight excluding hydrogens is 662 g/mol. The molecule has 1 aliphatic heterocycles. The third-order valence-corrected chi connectivity index (χ3v) is 11.1. The second kappa shape index (κ2) is 21.3. The van der Waals surface area contributed by atoms with Crippen LogP contribution < -0.4 is 10.6 Å². The van der Waals surface area contributed by atoms with Gasteiger partial charge in [-0.05, 0) is 57.2 Å². The zero-order valence-corrected chi connectivity index (χ0v) is 34.2. The molecule has 1 aromatic rings. The number of amides is 3. The fourth-order valence-electron chi connectivity index (χ4n) is 7.97. The van der Waals surface area contributed by atoms with Crippen LogP contribution in [0.3, 0.4) is 0 Å². The Hall–Kier alpha value is -2.61. The number of hydrogen-bond donors (Lipinski definition) is 4. The van der Waals surface area contributed by atoms with Crippen molar-refractivity contribution in [1.82, 2.24) is 25.3 Å². The van der Waals surface area contributed by atoms with E-state index in [0.29, 0.717) is 18.5 Å². The number of rotatable bonds is 21. The first-order valence-electron chi connectivity index (χ1n) is 19.2. The fraction of sp³-hybridized carbons (Fsp3) is 0.775. The van der Waals surface area contributed by atoms with Gasteiger partial charge in [0, 0.05) is 27.8 Å². The molecule has 0 bridgehead atoms. The maximum absolute atomic E-state index is 14.2. The minimum Gasteiger partial charge on any atom is -0.386 e. The normalized spacial score (nSPS) is 20.9. The molecule has 4 N–H and O–H groups in total. The summed E-state index contributed by atoms with van der Waals surface area (Å²) < 4.78 is 12.0. The fourth-order valence-corrected chi connectivity index (χ4v) is 7.97. The molecule has 52 heavy (non-hydrogen) atoms. The van der Waals surface area contributed by atoms with Gasteiger partial charge in [0.15, 0.2) is 0 Å². The first-order valence-corrected chi connectivity index (χ1v) is 19.2. The molecule has 1 saturated heterocycles. The Labute approximate surface area is 314 Å². The number of ether oxygens (including phenoxy) is 2. The number of nitrogens with one attached hydrogen (secondary N) is 2. The number of methoxy groups -OCH3 is 2. The molecule has 1 aliphatic rings. The second-order valence-corrected chi connectivity index (χ2v) is 15.8. The monoisotopic (exact) mass is 734 g/mol. The van der Waals surface area contributed by atoms with Crippen LogP contribution in [0, 0.1) is 23.7 Å². The van der Waals surface area contributed by atoms with Crippen LogP contribution in [0.25, 0.3) is 0 Å². The van der Waals surface area contributed by atoms with E-state index in [1.165, 1.54) is 0 Å². The highest BCUT2D eigenvalue weighted by Crippen LogP contribution is 2.30. The van der Waals surface area contributed by atoms with Gasteiger partial charge in [-0.3, -0.25) is 19.7 Å². The number of likely N-dealkylation sites (tertiary alicyclic amines) is 1. The maximum atomic E-state index is 14.2. The average molecular weight is 734 g/mol. The molecule has 298 valence electrons. The average Bonchev–Trinajstić information content (AvgIpc) is 3.59. The topological polar surface area (TPSA) is 144 Å². The predicted octanol–water partition coefficient (Wildman–Crippen LogP) is 3.66. The van der Waals surface area contributed by atoms with Crippen LogP contribution in [0.2, 0.25) is 0 Å². The zero-order chi connectivity index (χ0) is 39.4. The van der Waals surface area contributed by atoms with Crippen LogP contribution in [-0.2, 0) is 23.9 Å². The Balaban J connectivity index is 2.25.